The standard InChI is InChI=1S/C30H33FN6O/c1-3-30(38)11-9-19-7-8-26(34-27(19)30)37-17-25(31)24-15-32-29(35-28(24)37)33-21-13-20-16-36(2)12-10-22(20)23(14-21)18-5-4-6-18/h7-8,13-15,17-18,38H,3-6,9-12,16H2,1-2H3,(H,32,33,35). The predicted molar refractivity (Wildman–Crippen MR) is 145 cm³/mol. The Labute approximate surface area is 221 Å². The lowest BCUT2D eigenvalue weighted by Crippen LogP contribution is -2.28. The molecule has 3 aromatic heterocycles. The van der Waals surface area contributed by atoms with E-state index in [0.717, 1.165) is 37.2 Å². The molecular formula is C30H33FN6O. The SMILES string of the molecule is CCC1(O)CCc2ccc(-n3cc(F)c4cnc(Nc5cc6c(c(C7CCC7)c5)CCN(C)C6)nc43)nc21. The molecule has 196 valence electrons. The van der Waals surface area contributed by atoms with Crippen molar-refractivity contribution in [1.29, 1.82) is 0 Å². The zero-order chi connectivity index (χ0) is 26.0. The third-order valence-electron chi connectivity index (χ3n) is 8.90. The number of pyridine rings is 1. The van der Waals surface area contributed by atoms with Crippen LogP contribution in [-0.2, 0) is 25.0 Å². The molecule has 0 radical (unpaired) electrons. The highest BCUT2D eigenvalue weighted by molar-refractivity contribution is 5.79. The van der Waals surface area contributed by atoms with Crippen LogP contribution in [0.15, 0.2) is 36.7 Å². The molecule has 1 unspecified atom stereocenters. The normalized spacial score (nSPS) is 21.4. The second-order valence-electron chi connectivity index (χ2n) is 11.3. The Morgan fingerprint density at radius 1 is 1.16 bits per heavy atom. The molecule has 0 bridgehead atoms. The quantitative estimate of drug-likeness (QED) is 0.368. The van der Waals surface area contributed by atoms with Gasteiger partial charge in [0.25, 0.3) is 0 Å². The zero-order valence-corrected chi connectivity index (χ0v) is 22.0. The van der Waals surface area contributed by atoms with Gasteiger partial charge in [-0.15, -0.1) is 0 Å². The number of hydrogen-bond donors (Lipinski definition) is 2. The number of nitrogens with zero attached hydrogens (tertiary/aromatic N) is 5. The third kappa shape index (κ3) is 3.81. The van der Waals surface area contributed by atoms with E-state index in [-0.39, 0.29) is 0 Å². The summed E-state index contributed by atoms with van der Waals surface area (Å²) < 4.78 is 16.6. The van der Waals surface area contributed by atoms with Crippen LogP contribution in [0.3, 0.4) is 0 Å². The summed E-state index contributed by atoms with van der Waals surface area (Å²) in [5, 5.41) is 14.8. The highest BCUT2D eigenvalue weighted by atomic mass is 19.1. The predicted octanol–water partition coefficient (Wildman–Crippen LogP) is 5.50. The number of fused-ring (bicyclic) bond motifs is 3. The van der Waals surface area contributed by atoms with Crippen LogP contribution >= 0.6 is 0 Å². The lowest BCUT2D eigenvalue weighted by Gasteiger charge is -2.33. The molecule has 2 N–H and O–H groups in total. The van der Waals surface area contributed by atoms with E-state index in [1.807, 2.05) is 19.1 Å². The van der Waals surface area contributed by atoms with Gasteiger partial charge < -0.3 is 15.3 Å². The van der Waals surface area contributed by atoms with Crippen LogP contribution < -0.4 is 5.32 Å². The summed E-state index contributed by atoms with van der Waals surface area (Å²) in [6.07, 6.45) is 9.87. The van der Waals surface area contributed by atoms with Crippen LogP contribution in [0.2, 0.25) is 0 Å². The van der Waals surface area contributed by atoms with Crippen LogP contribution in [0.1, 0.15) is 72.9 Å². The fraction of sp³-hybridized carbons (Fsp3) is 0.433. The molecule has 1 aromatic carbocycles. The number of likely N-dealkylation sites (N-methyl/N-ethyl adjacent to an activating group) is 1. The Kier molecular flexibility index (Phi) is 5.53. The second-order valence-corrected chi connectivity index (χ2v) is 11.3. The molecule has 0 amide bonds. The second kappa shape index (κ2) is 8.85. The topological polar surface area (TPSA) is 79.1 Å². The summed E-state index contributed by atoms with van der Waals surface area (Å²) >= 11 is 0. The summed E-state index contributed by atoms with van der Waals surface area (Å²) in [5.41, 5.74) is 6.57. The fourth-order valence-electron chi connectivity index (χ4n) is 6.38. The number of benzene rings is 1. The molecule has 3 aliphatic rings. The van der Waals surface area contributed by atoms with Crippen LogP contribution in [0.5, 0.6) is 0 Å². The van der Waals surface area contributed by atoms with Crippen molar-refractivity contribution in [1.82, 2.24) is 24.4 Å². The maximum atomic E-state index is 15.0. The van der Waals surface area contributed by atoms with E-state index >= 15 is 0 Å². The van der Waals surface area contributed by atoms with Gasteiger partial charge in [0.05, 0.1) is 11.1 Å². The van der Waals surface area contributed by atoms with Crippen LogP contribution in [0.25, 0.3) is 16.9 Å². The number of halogens is 1. The Bertz CT molecular complexity index is 1560. The molecule has 8 heteroatoms. The maximum absolute atomic E-state index is 15.0. The van der Waals surface area contributed by atoms with Gasteiger partial charge in [0.15, 0.2) is 11.5 Å². The maximum Gasteiger partial charge on any atom is 0.229 e. The number of aromatic nitrogens is 4. The van der Waals surface area contributed by atoms with Crippen molar-refractivity contribution < 1.29 is 9.50 Å². The first kappa shape index (κ1) is 23.7. The summed E-state index contributed by atoms with van der Waals surface area (Å²) in [5.74, 6) is 1.20. The van der Waals surface area contributed by atoms with Gasteiger partial charge in [-0.3, -0.25) is 4.57 Å². The van der Waals surface area contributed by atoms with E-state index < -0.39 is 11.4 Å². The van der Waals surface area contributed by atoms with Crippen molar-refractivity contribution in [3.05, 3.63) is 70.4 Å². The summed E-state index contributed by atoms with van der Waals surface area (Å²) in [6, 6.07) is 8.35. The minimum absolute atomic E-state index is 0.339. The Hall–Kier alpha value is -3.36. The van der Waals surface area contributed by atoms with E-state index in [0.29, 0.717) is 47.3 Å². The van der Waals surface area contributed by atoms with Crippen molar-refractivity contribution in [2.75, 3.05) is 18.9 Å². The number of rotatable bonds is 5. The molecule has 1 saturated carbocycles. The largest absolute Gasteiger partial charge is 0.384 e. The van der Waals surface area contributed by atoms with Crippen LogP contribution in [0, 0.1) is 5.82 Å². The molecule has 7 rings (SSSR count). The molecule has 4 aromatic rings. The van der Waals surface area contributed by atoms with Gasteiger partial charge in [-0.25, -0.2) is 14.4 Å². The van der Waals surface area contributed by atoms with E-state index in [1.165, 1.54) is 48.3 Å². The monoisotopic (exact) mass is 512 g/mol. The minimum atomic E-state index is -0.937. The van der Waals surface area contributed by atoms with Crippen LogP contribution in [0.4, 0.5) is 16.0 Å². The highest BCUT2D eigenvalue weighted by Gasteiger charge is 2.37. The first-order chi connectivity index (χ1) is 18.4. The van der Waals surface area contributed by atoms with Crippen molar-refractivity contribution >= 4 is 22.7 Å². The first-order valence-corrected chi connectivity index (χ1v) is 13.8. The molecule has 0 spiro atoms. The molecule has 1 aliphatic heterocycles. The fourth-order valence-corrected chi connectivity index (χ4v) is 6.38. The molecule has 4 heterocycles. The van der Waals surface area contributed by atoms with Crippen molar-refractivity contribution in [3.63, 3.8) is 0 Å². The van der Waals surface area contributed by atoms with Gasteiger partial charge in [-0.1, -0.05) is 19.4 Å². The molecule has 1 atom stereocenters. The van der Waals surface area contributed by atoms with Crippen molar-refractivity contribution in [2.45, 2.75) is 69.9 Å². The van der Waals surface area contributed by atoms with Crippen LogP contribution in [-0.4, -0.2) is 43.1 Å². The molecule has 1 fully saturated rings. The Morgan fingerprint density at radius 2 is 2.03 bits per heavy atom. The average Bonchev–Trinajstić information content (AvgIpc) is 3.39. The lowest BCUT2D eigenvalue weighted by molar-refractivity contribution is 0.0306. The molecule has 7 nitrogen and oxygen atoms in total. The summed E-state index contributed by atoms with van der Waals surface area (Å²) in [4.78, 5) is 16.3. The van der Waals surface area contributed by atoms with Crippen molar-refractivity contribution in [2.24, 2.45) is 0 Å². The summed E-state index contributed by atoms with van der Waals surface area (Å²) in [7, 11) is 2.17. The summed E-state index contributed by atoms with van der Waals surface area (Å²) in [6.45, 7) is 4.00. The number of anilines is 2. The molecule has 38 heavy (non-hydrogen) atoms. The van der Waals surface area contributed by atoms with Gasteiger partial charge in [0, 0.05) is 31.2 Å². The molecular weight excluding hydrogens is 479 g/mol. The molecule has 2 aliphatic carbocycles. The van der Waals surface area contributed by atoms with E-state index in [1.54, 1.807) is 4.57 Å². The van der Waals surface area contributed by atoms with E-state index in [9.17, 15) is 9.50 Å². The van der Waals surface area contributed by atoms with E-state index in [2.05, 4.69) is 34.4 Å². The van der Waals surface area contributed by atoms with Gasteiger partial charge in [-0.05, 0) is 91.9 Å². The Balaban J connectivity index is 1.27. The average molecular weight is 513 g/mol. The third-order valence-corrected chi connectivity index (χ3v) is 8.90. The van der Waals surface area contributed by atoms with Gasteiger partial charge in [-0.2, -0.15) is 4.98 Å². The molecule has 0 saturated heterocycles. The van der Waals surface area contributed by atoms with E-state index in [4.69, 9.17) is 9.97 Å². The van der Waals surface area contributed by atoms with Gasteiger partial charge in [0.1, 0.15) is 11.4 Å². The lowest BCUT2D eigenvalue weighted by atomic mass is 9.76. The minimum Gasteiger partial charge on any atom is -0.384 e. The van der Waals surface area contributed by atoms with Gasteiger partial charge in [0.2, 0.25) is 5.95 Å². The number of aliphatic hydroxyl groups is 1. The first-order valence-electron chi connectivity index (χ1n) is 13.8. The van der Waals surface area contributed by atoms with Crippen molar-refractivity contribution in [3.8, 4) is 5.82 Å². The smallest absolute Gasteiger partial charge is 0.229 e. The highest BCUT2D eigenvalue weighted by Crippen LogP contribution is 2.42. The number of aryl methyl sites for hydroxylation is 1. The Morgan fingerprint density at radius 3 is 2.82 bits per heavy atom. The number of nitrogens with one attached hydrogen (secondary N) is 1. The zero-order valence-electron chi connectivity index (χ0n) is 22.0. The van der Waals surface area contributed by atoms with Gasteiger partial charge >= 0.3 is 0 Å². The number of hydrogen-bond acceptors (Lipinski definition) is 6.